The number of carbonyl (C=O) groups is 2. The molecular formula is C21H27NO5S2. The molecule has 8 heteroatoms. The highest BCUT2D eigenvalue weighted by atomic mass is 32.2. The third-order valence-corrected chi connectivity index (χ3v) is 5.69. The number of ether oxygens (including phenoxy) is 3. The van der Waals surface area contributed by atoms with Crippen LogP contribution in [0.5, 0.6) is 11.5 Å². The number of nitrogens with zero attached hydrogens (tertiary/aromatic N) is 1. The van der Waals surface area contributed by atoms with Gasteiger partial charge in [-0.2, -0.15) is 0 Å². The van der Waals surface area contributed by atoms with E-state index in [0.29, 0.717) is 40.3 Å². The van der Waals surface area contributed by atoms with Crippen molar-refractivity contribution in [2.24, 2.45) is 0 Å². The van der Waals surface area contributed by atoms with Crippen LogP contribution in [0.25, 0.3) is 6.08 Å². The third kappa shape index (κ3) is 6.75. The Morgan fingerprint density at radius 3 is 2.62 bits per heavy atom. The number of thioether (sulfide) groups is 1. The fourth-order valence-corrected chi connectivity index (χ4v) is 4.10. The molecule has 1 aromatic rings. The van der Waals surface area contributed by atoms with Crippen LogP contribution in [-0.4, -0.2) is 48.5 Å². The highest BCUT2D eigenvalue weighted by Crippen LogP contribution is 2.34. The van der Waals surface area contributed by atoms with Crippen LogP contribution in [0, 0.1) is 0 Å². The fraction of sp³-hybridized carbons (Fsp3) is 0.476. The number of thiocarbonyl (C=S) groups is 1. The first kappa shape index (κ1) is 23.2. The van der Waals surface area contributed by atoms with E-state index in [1.807, 2.05) is 25.1 Å². The monoisotopic (exact) mass is 437 g/mol. The summed E-state index contributed by atoms with van der Waals surface area (Å²) in [6, 6.07) is 5.49. The summed E-state index contributed by atoms with van der Waals surface area (Å²) in [5.74, 6) is 0.998. The van der Waals surface area contributed by atoms with Gasteiger partial charge in [-0.3, -0.25) is 14.5 Å². The van der Waals surface area contributed by atoms with Crippen molar-refractivity contribution in [3.05, 3.63) is 28.7 Å². The highest BCUT2D eigenvalue weighted by molar-refractivity contribution is 8.26. The summed E-state index contributed by atoms with van der Waals surface area (Å²) < 4.78 is 16.2. The summed E-state index contributed by atoms with van der Waals surface area (Å²) in [6.07, 6.45) is 5.43. The van der Waals surface area contributed by atoms with Crippen LogP contribution < -0.4 is 9.47 Å². The Morgan fingerprint density at radius 1 is 1.17 bits per heavy atom. The van der Waals surface area contributed by atoms with Crippen LogP contribution in [0.2, 0.25) is 0 Å². The molecule has 0 saturated carbocycles. The first-order valence-electron chi connectivity index (χ1n) is 9.63. The van der Waals surface area contributed by atoms with Crippen LogP contribution in [-0.2, 0) is 14.3 Å². The number of methoxy groups -OCH3 is 2. The van der Waals surface area contributed by atoms with Gasteiger partial charge in [0.15, 0.2) is 11.5 Å². The molecule has 1 saturated heterocycles. The summed E-state index contributed by atoms with van der Waals surface area (Å²) in [7, 11) is 3.15. The van der Waals surface area contributed by atoms with Crippen LogP contribution >= 0.6 is 24.0 Å². The largest absolute Gasteiger partial charge is 0.493 e. The number of benzene rings is 1. The van der Waals surface area contributed by atoms with Crippen molar-refractivity contribution in [1.82, 2.24) is 4.90 Å². The van der Waals surface area contributed by atoms with Gasteiger partial charge in [0, 0.05) is 13.0 Å². The van der Waals surface area contributed by atoms with Gasteiger partial charge in [0.2, 0.25) is 0 Å². The van der Waals surface area contributed by atoms with E-state index in [1.54, 1.807) is 25.2 Å². The molecule has 29 heavy (non-hydrogen) atoms. The molecule has 2 rings (SSSR count). The van der Waals surface area contributed by atoms with E-state index in [1.165, 1.54) is 11.8 Å². The maximum Gasteiger partial charge on any atom is 0.305 e. The number of hydrogen-bond acceptors (Lipinski definition) is 7. The van der Waals surface area contributed by atoms with Gasteiger partial charge in [-0.25, -0.2) is 0 Å². The average molecular weight is 438 g/mol. The number of amides is 1. The SMILES string of the molecule is CCCOC(=O)CCCCCN1C(=O)/C(=C/c2ccc(OC)c(OC)c2)SC1=S. The minimum Gasteiger partial charge on any atom is -0.493 e. The lowest BCUT2D eigenvalue weighted by atomic mass is 10.1. The second-order valence-corrected chi connectivity index (χ2v) is 8.15. The smallest absolute Gasteiger partial charge is 0.305 e. The Labute approximate surface area is 181 Å². The molecule has 0 aromatic heterocycles. The van der Waals surface area contributed by atoms with Gasteiger partial charge in [0.05, 0.1) is 25.7 Å². The van der Waals surface area contributed by atoms with Gasteiger partial charge >= 0.3 is 5.97 Å². The summed E-state index contributed by atoms with van der Waals surface area (Å²) in [5.41, 5.74) is 0.841. The zero-order valence-electron chi connectivity index (χ0n) is 17.1. The van der Waals surface area contributed by atoms with Crippen molar-refractivity contribution in [2.45, 2.75) is 39.0 Å². The lowest BCUT2D eigenvalue weighted by Crippen LogP contribution is -2.29. The number of carbonyl (C=O) groups excluding carboxylic acids is 2. The van der Waals surface area contributed by atoms with Gasteiger partial charge in [0.25, 0.3) is 5.91 Å². The quantitative estimate of drug-likeness (QED) is 0.220. The molecule has 158 valence electrons. The van der Waals surface area contributed by atoms with Gasteiger partial charge in [0.1, 0.15) is 4.32 Å². The molecule has 1 aliphatic rings. The Kier molecular flexibility index (Phi) is 9.47. The summed E-state index contributed by atoms with van der Waals surface area (Å²) in [5, 5.41) is 0. The molecule has 0 aliphatic carbocycles. The first-order chi connectivity index (χ1) is 14.0. The van der Waals surface area contributed by atoms with Crippen molar-refractivity contribution in [3.8, 4) is 11.5 Å². The van der Waals surface area contributed by atoms with E-state index < -0.39 is 0 Å². The predicted molar refractivity (Wildman–Crippen MR) is 119 cm³/mol. The van der Waals surface area contributed by atoms with Gasteiger partial charge in [-0.15, -0.1) is 0 Å². The molecule has 1 aromatic carbocycles. The minimum absolute atomic E-state index is 0.0860. The molecule has 0 radical (unpaired) electrons. The molecule has 1 fully saturated rings. The van der Waals surface area contributed by atoms with Gasteiger partial charge in [-0.1, -0.05) is 43.4 Å². The molecule has 0 N–H and O–H groups in total. The molecule has 1 amide bonds. The van der Waals surface area contributed by atoms with Crippen LogP contribution in [0.15, 0.2) is 23.1 Å². The zero-order valence-corrected chi connectivity index (χ0v) is 18.7. The van der Waals surface area contributed by atoms with E-state index in [4.69, 9.17) is 26.4 Å². The summed E-state index contributed by atoms with van der Waals surface area (Å²) in [6.45, 7) is 2.99. The lowest BCUT2D eigenvalue weighted by molar-refractivity contribution is -0.143. The van der Waals surface area contributed by atoms with Crippen molar-refractivity contribution < 1.29 is 23.8 Å². The Hall–Kier alpha value is -2.06. The molecule has 1 heterocycles. The predicted octanol–water partition coefficient (Wildman–Crippen LogP) is 4.42. The van der Waals surface area contributed by atoms with Crippen LogP contribution in [0.4, 0.5) is 0 Å². The van der Waals surface area contributed by atoms with Crippen LogP contribution in [0.1, 0.15) is 44.6 Å². The maximum atomic E-state index is 12.7. The Bertz CT molecular complexity index is 778. The van der Waals surface area contributed by atoms with Crippen molar-refractivity contribution in [1.29, 1.82) is 0 Å². The highest BCUT2D eigenvalue weighted by Gasteiger charge is 2.31. The normalized spacial score (nSPS) is 15.1. The van der Waals surface area contributed by atoms with Crippen molar-refractivity contribution in [3.63, 3.8) is 0 Å². The third-order valence-electron chi connectivity index (χ3n) is 4.31. The molecule has 0 bridgehead atoms. The van der Waals surface area contributed by atoms with E-state index in [9.17, 15) is 9.59 Å². The van der Waals surface area contributed by atoms with E-state index in [0.717, 1.165) is 31.2 Å². The summed E-state index contributed by atoms with van der Waals surface area (Å²) in [4.78, 5) is 26.4. The number of rotatable bonds is 11. The Morgan fingerprint density at radius 2 is 1.93 bits per heavy atom. The van der Waals surface area contributed by atoms with Crippen LogP contribution in [0.3, 0.4) is 0 Å². The number of hydrogen-bond donors (Lipinski definition) is 0. The first-order valence-corrected chi connectivity index (χ1v) is 10.9. The maximum absolute atomic E-state index is 12.7. The number of esters is 1. The average Bonchev–Trinajstić information content (AvgIpc) is 2.98. The number of unbranched alkanes of at least 4 members (excludes halogenated alkanes) is 2. The van der Waals surface area contributed by atoms with Gasteiger partial charge < -0.3 is 14.2 Å². The fourth-order valence-electron chi connectivity index (χ4n) is 2.79. The van der Waals surface area contributed by atoms with E-state index in [2.05, 4.69) is 0 Å². The van der Waals surface area contributed by atoms with Crippen molar-refractivity contribution >= 4 is 46.3 Å². The standard InChI is InChI=1S/C21H27NO5S2/c1-4-12-27-19(23)8-6-5-7-11-22-20(24)18(29-21(22)28)14-15-9-10-16(25-2)17(13-15)26-3/h9-10,13-14H,4-8,11-12H2,1-3H3/b18-14-. The van der Waals surface area contributed by atoms with E-state index >= 15 is 0 Å². The second-order valence-electron chi connectivity index (χ2n) is 6.48. The van der Waals surface area contributed by atoms with E-state index in [-0.39, 0.29) is 11.9 Å². The molecule has 0 unspecified atom stereocenters. The Balaban J connectivity index is 1.88. The molecular weight excluding hydrogens is 410 g/mol. The van der Waals surface area contributed by atoms with Crippen molar-refractivity contribution in [2.75, 3.05) is 27.4 Å². The molecule has 1 aliphatic heterocycles. The second kappa shape index (κ2) is 11.8. The summed E-state index contributed by atoms with van der Waals surface area (Å²) >= 11 is 6.68. The van der Waals surface area contributed by atoms with Gasteiger partial charge in [-0.05, 0) is 43.0 Å². The lowest BCUT2D eigenvalue weighted by Gasteiger charge is -2.14. The topological polar surface area (TPSA) is 65.1 Å². The molecule has 6 nitrogen and oxygen atoms in total. The molecule has 0 atom stereocenters. The zero-order chi connectivity index (χ0) is 21.2. The molecule has 0 spiro atoms. The minimum atomic E-state index is -0.157.